The second kappa shape index (κ2) is 11.6. The van der Waals surface area contributed by atoms with E-state index in [0.29, 0.717) is 35.9 Å². The molecule has 0 heterocycles. The number of nitrogens with one attached hydrogen (secondary N) is 1. The smallest absolute Gasteiger partial charge is 0.258 e. The number of rotatable bonds is 10. The SMILES string of the molecule is COc1cc(OC)c(OC)cc1/C=C/C(=O)NN(Cc1ccccc1)Cc1ccccc1. The van der Waals surface area contributed by atoms with Gasteiger partial charge in [-0.25, -0.2) is 5.01 Å². The molecule has 0 unspecified atom stereocenters. The van der Waals surface area contributed by atoms with Crippen LogP contribution in [0.5, 0.6) is 17.2 Å². The van der Waals surface area contributed by atoms with Crippen molar-refractivity contribution < 1.29 is 19.0 Å². The summed E-state index contributed by atoms with van der Waals surface area (Å²) in [5.74, 6) is 1.46. The molecule has 1 amide bonds. The first kappa shape index (κ1) is 22.9. The Balaban J connectivity index is 1.76. The summed E-state index contributed by atoms with van der Waals surface area (Å²) in [5.41, 5.74) is 5.90. The predicted octanol–water partition coefficient (Wildman–Crippen LogP) is 4.46. The van der Waals surface area contributed by atoms with Gasteiger partial charge in [-0.3, -0.25) is 10.2 Å². The first-order valence-corrected chi connectivity index (χ1v) is 10.2. The summed E-state index contributed by atoms with van der Waals surface area (Å²) >= 11 is 0. The summed E-state index contributed by atoms with van der Waals surface area (Å²) in [6.07, 6.45) is 3.17. The third-order valence-electron chi connectivity index (χ3n) is 4.85. The standard InChI is InChI=1S/C26H28N2O4/c1-30-23-17-25(32-3)24(31-2)16-22(23)14-15-26(29)27-28(18-20-10-6-4-7-11-20)19-21-12-8-5-9-13-21/h4-17H,18-19H2,1-3H3,(H,27,29)/b15-14+. The molecule has 0 atom stereocenters. The van der Waals surface area contributed by atoms with Crippen LogP contribution in [0.15, 0.2) is 78.9 Å². The highest BCUT2D eigenvalue weighted by Gasteiger charge is 2.12. The molecule has 0 aliphatic rings. The van der Waals surface area contributed by atoms with E-state index in [1.165, 1.54) is 6.08 Å². The average molecular weight is 433 g/mol. The van der Waals surface area contributed by atoms with Crippen LogP contribution in [0.2, 0.25) is 0 Å². The maximum absolute atomic E-state index is 12.7. The summed E-state index contributed by atoms with van der Waals surface area (Å²) in [5, 5.41) is 1.89. The average Bonchev–Trinajstić information content (AvgIpc) is 2.83. The van der Waals surface area contributed by atoms with Crippen LogP contribution in [0.4, 0.5) is 0 Å². The van der Waals surface area contributed by atoms with Crippen LogP contribution in [0, 0.1) is 0 Å². The van der Waals surface area contributed by atoms with E-state index in [0.717, 1.165) is 11.1 Å². The Bertz CT molecular complexity index is 995. The van der Waals surface area contributed by atoms with Gasteiger partial charge >= 0.3 is 0 Å². The normalized spacial score (nSPS) is 10.9. The lowest BCUT2D eigenvalue weighted by atomic mass is 10.1. The molecule has 1 N–H and O–H groups in total. The van der Waals surface area contributed by atoms with Gasteiger partial charge in [-0.05, 0) is 23.3 Å². The molecule has 0 fully saturated rings. The van der Waals surface area contributed by atoms with E-state index < -0.39 is 0 Å². The van der Waals surface area contributed by atoms with Gasteiger partial charge in [0.2, 0.25) is 0 Å². The van der Waals surface area contributed by atoms with E-state index in [4.69, 9.17) is 14.2 Å². The number of benzene rings is 3. The molecular formula is C26H28N2O4. The molecule has 0 saturated carbocycles. The number of methoxy groups -OCH3 is 3. The molecule has 3 rings (SSSR count). The fourth-order valence-electron chi connectivity index (χ4n) is 3.28. The molecule has 6 nitrogen and oxygen atoms in total. The van der Waals surface area contributed by atoms with Crippen molar-refractivity contribution in [3.8, 4) is 17.2 Å². The largest absolute Gasteiger partial charge is 0.496 e. The lowest BCUT2D eigenvalue weighted by molar-refractivity contribution is -0.121. The van der Waals surface area contributed by atoms with E-state index in [-0.39, 0.29) is 5.91 Å². The minimum absolute atomic E-state index is 0.242. The van der Waals surface area contributed by atoms with Crippen molar-refractivity contribution in [1.29, 1.82) is 0 Å². The van der Waals surface area contributed by atoms with E-state index in [2.05, 4.69) is 5.43 Å². The van der Waals surface area contributed by atoms with Crippen LogP contribution in [0.25, 0.3) is 6.08 Å². The topological polar surface area (TPSA) is 60.0 Å². The van der Waals surface area contributed by atoms with Crippen molar-refractivity contribution in [2.75, 3.05) is 21.3 Å². The van der Waals surface area contributed by atoms with Crippen molar-refractivity contribution in [1.82, 2.24) is 10.4 Å². The molecule has 0 bridgehead atoms. The molecule has 0 saturated heterocycles. The first-order valence-electron chi connectivity index (χ1n) is 10.2. The highest BCUT2D eigenvalue weighted by Crippen LogP contribution is 2.35. The molecule has 166 valence electrons. The molecule has 3 aromatic rings. The highest BCUT2D eigenvalue weighted by atomic mass is 16.5. The number of amides is 1. The Morgan fingerprint density at radius 2 is 1.28 bits per heavy atom. The van der Waals surface area contributed by atoms with E-state index in [1.54, 1.807) is 39.5 Å². The highest BCUT2D eigenvalue weighted by molar-refractivity contribution is 5.92. The maximum Gasteiger partial charge on any atom is 0.258 e. The molecule has 32 heavy (non-hydrogen) atoms. The fourth-order valence-corrected chi connectivity index (χ4v) is 3.28. The second-order valence-electron chi connectivity index (χ2n) is 7.09. The molecule has 6 heteroatoms. The summed E-state index contributed by atoms with van der Waals surface area (Å²) in [7, 11) is 4.70. The Labute approximate surface area is 189 Å². The van der Waals surface area contributed by atoms with Crippen molar-refractivity contribution >= 4 is 12.0 Å². The van der Waals surface area contributed by atoms with Gasteiger partial charge in [0.1, 0.15) is 5.75 Å². The third-order valence-corrected chi connectivity index (χ3v) is 4.85. The number of hydrazine groups is 1. The minimum Gasteiger partial charge on any atom is -0.496 e. The molecule has 0 aliphatic heterocycles. The second-order valence-corrected chi connectivity index (χ2v) is 7.09. The number of carbonyl (C=O) groups excluding carboxylic acids is 1. The maximum atomic E-state index is 12.7. The van der Waals surface area contributed by atoms with Crippen molar-refractivity contribution in [2.24, 2.45) is 0 Å². The van der Waals surface area contributed by atoms with Gasteiger partial charge in [-0.1, -0.05) is 60.7 Å². The fraction of sp³-hybridized carbons (Fsp3) is 0.192. The molecule has 0 spiro atoms. The first-order chi connectivity index (χ1) is 15.6. The zero-order valence-electron chi connectivity index (χ0n) is 18.6. The predicted molar refractivity (Wildman–Crippen MR) is 125 cm³/mol. The summed E-state index contributed by atoms with van der Waals surface area (Å²) < 4.78 is 16.1. The van der Waals surface area contributed by atoms with Gasteiger partial charge < -0.3 is 14.2 Å². The Kier molecular flexibility index (Phi) is 8.29. The van der Waals surface area contributed by atoms with Crippen LogP contribution in [0.1, 0.15) is 16.7 Å². The summed E-state index contributed by atoms with van der Waals surface area (Å²) in [6.45, 7) is 1.16. The van der Waals surface area contributed by atoms with Gasteiger partial charge in [0.25, 0.3) is 5.91 Å². The lowest BCUT2D eigenvalue weighted by Crippen LogP contribution is -2.40. The molecule has 3 aromatic carbocycles. The number of nitrogens with zero attached hydrogens (tertiary/aromatic N) is 1. The van der Waals surface area contributed by atoms with Crippen LogP contribution in [-0.4, -0.2) is 32.2 Å². The third kappa shape index (κ3) is 6.36. The van der Waals surface area contributed by atoms with E-state index in [9.17, 15) is 4.79 Å². The summed E-state index contributed by atoms with van der Waals surface area (Å²) in [4.78, 5) is 12.7. The van der Waals surface area contributed by atoms with Gasteiger partial charge in [0, 0.05) is 30.8 Å². The Morgan fingerprint density at radius 3 is 1.78 bits per heavy atom. The minimum atomic E-state index is -0.242. The van der Waals surface area contributed by atoms with Gasteiger partial charge in [0.15, 0.2) is 11.5 Å². The van der Waals surface area contributed by atoms with Crippen molar-refractivity contribution in [3.05, 3.63) is 95.6 Å². The van der Waals surface area contributed by atoms with E-state index >= 15 is 0 Å². The monoisotopic (exact) mass is 432 g/mol. The van der Waals surface area contributed by atoms with Crippen molar-refractivity contribution in [2.45, 2.75) is 13.1 Å². The number of carbonyl (C=O) groups is 1. The molecule has 0 radical (unpaired) electrons. The molecule has 0 aromatic heterocycles. The Hall–Kier alpha value is -3.77. The quantitative estimate of drug-likeness (QED) is 0.379. The Morgan fingerprint density at radius 1 is 0.781 bits per heavy atom. The van der Waals surface area contributed by atoms with Crippen LogP contribution < -0.4 is 19.6 Å². The van der Waals surface area contributed by atoms with Gasteiger partial charge in [-0.15, -0.1) is 0 Å². The van der Waals surface area contributed by atoms with Crippen molar-refractivity contribution in [3.63, 3.8) is 0 Å². The summed E-state index contributed by atoms with van der Waals surface area (Å²) in [6, 6.07) is 23.5. The van der Waals surface area contributed by atoms with Crippen LogP contribution in [0.3, 0.4) is 0 Å². The van der Waals surface area contributed by atoms with E-state index in [1.807, 2.05) is 65.7 Å². The van der Waals surface area contributed by atoms with Crippen LogP contribution in [-0.2, 0) is 17.9 Å². The number of hydrogen-bond donors (Lipinski definition) is 1. The van der Waals surface area contributed by atoms with Crippen LogP contribution >= 0.6 is 0 Å². The lowest BCUT2D eigenvalue weighted by Gasteiger charge is -2.23. The molecule has 0 aliphatic carbocycles. The number of ether oxygens (including phenoxy) is 3. The van der Waals surface area contributed by atoms with Gasteiger partial charge in [0.05, 0.1) is 21.3 Å². The molecular weight excluding hydrogens is 404 g/mol. The zero-order valence-corrected chi connectivity index (χ0v) is 18.6. The van der Waals surface area contributed by atoms with Gasteiger partial charge in [-0.2, -0.15) is 0 Å². The zero-order chi connectivity index (χ0) is 22.8. The number of hydrogen-bond acceptors (Lipinski definition) is 5.